The van der Waals surface area contributed by atoms with Crippen molar-refractivity contribution >= 4 is 23.2 Å². The van der Waals surface area contributed by atoms with Gasteiger partial charge in [0, 0.05) is 29.6 Å². The number of aromatic nitrogens is 1. The monoisotopic (exact) mass is 316 g/mol. The third-order valence-corrected chi connectivity index (χ3v) is 4.62. The summed E-state index contributed by atoms with van der Waals surface area (Å²) in [6, 6.07) is 7.35. The van der Waals surface area contributed by atoms with Gasteiger partial charge in [0.2, 0.25) is 0 Å². The number of carboxylic acids is 1. The third-order valence-electron chi connectivity index (χ3n) is 3.85. The molecule has 1 aromatic heterocycles. The Hall–Kier alpha value is -2.21. The number of aryl methyl sites for hydroxylation is 1. The maximum Gasteiger partial charge on any atom is 0.308 e. The van der Waals surface area contributed by atoms with Gasteiger partial charge in [-0.05, 0) is 25.5 Å². The van der Waals surface area contributed by atoms with Gasteiger partial charge in [-0.15, -0.1) is 11.3 Å². The van der Waals surface area contributed by atoms with E-state index in [0.29, 0.717) is 18.5 Å². The molecule has 1 aliphatic heterocycles. The van der Waals surface area contributed by atoms with Gasteiger partial charge in [-0.1, -0.05) is 12.1 Å². The Balaban J connectivity index is 1.80. The van der Waals surface area contributed by atoms with Crippen LogP contribution in [0, 0.1) is 12.8 Å². The summed E-state index contributed by atoms with van der Waals surface area (Å²) in [4.78, 5) is 29.6. The van der Waals surface area contributed by atoms with E-state index in [1.165, 1.54) is 0 Å². The molecule has 0 radical (unpaired) electrons. The molecular formula is C16H16N2O3S. The highest BCUT2D eigenvalue weighted by molar-refractivity contribution is 7.09. The molecule has 22 heavy (non-hydrogen) atoms. The lowest BCUT2D eigenvalue weighted by molar-refractivity contribution is -0.141. The molecule has 1 unspecified atom stereocenters. The number of benzene rings is 1. The SMILES string of the molecule is Cc1nc(-c2cccc(C(=O)N3CCC(C(=O)O)C3)c2)cs1. The van der Waals surface area contributed by atoms with Crippen LogP contribution in [0.25, 0.3) is 11.3 Å². The molecular weight excluding hydrogens is 300 g/mol. The van der Waals surface area contributed by atoms with Crippen molar-refractivity contribution in [1.29, 1.82) is 0 Å². The molecule has 5 nitrogen and oxygen atoms in total. The molecule has 1 aliphatic rings. The third kappa shape index (κ3) is 2.87. The lowest BCUT2D eigenvalue weighted by Gasteiger charge is -2.16. The summed E-state index contributed by atoms with van der Waals surface area (Å²) in [5.74, 6) is -1.40. The highest BCUT2D eigenvalue weighted by Gasteiger charge is 2.31. The number of hydrogen-bond donors (Lipinski definition) is 1. The molecule has 1 N–H and O–H groups in total. The molecule has 1 aromatic carbocycles. The van der Waals surface area contributed by atoms with Crippen molar-refractivity contribution in [2.45, 2.75) is 13.3 Å². The summed E-state index contributed by atoms with van der Waals surface area (Å²) < 4.78 is 0. The number of carbonyl (C=O) groups excluding carboxylic acids is 1. The number of nitrogens with zero attached hydrogens (tertiary/aromatic N) is 2. The van der Waals surface area contributed by atoms with Crippen LogP contribution < -0.4 is 0 Å². The first kappa shape index (κ1) is 14.7. The van der Waals surface area contributed by atoms with E-state index in [9.17, 15) is 9.59 Å². The first-order chi connectivity index (χ1) is 10.5. The van der Waals surface area contributed by atoms with E-state index < -0.39 is 11.9 Å². The van der Waals surface area contributed by atoms with E-state index in [1.807, 2.05) is 30.5 Å². The van der Waals surface area contributed by atoms with Crippen LogP contribution in [0.4, 0.5) is 0 Å². The number of aliphatic carboxylic acids is 1. The minimum atomic E-state index is -0.831. The second-order valence-electron chi connectivity index (χ2n) is 5.41. The Morgan fingerprint density at radius 2 is 2.23 bits per heavy atom. The molecule has 6 heteroatoms. The molecule has 1 fully saturated rings. The molecule has 1 atom stereocenters. The van der Waals surface area contributed by atoms with E-state index in [4.69, 9.17) is 5.11 Å². The summed E-state index contributed by atoms with van der Waals surface area (Å²) in [5, 5.41) is 12.0. The first-order valence-electron chi connectivity index (χ1n) is 7.09. The first-order valence-corrected chi connectivity index (χ1v) is 7.97. The maximum atomic E-state index is 12.5. The number of likely N-dealkylation sites (tertiary alicyclic amines) is 1. The Morgan fingerprint density at radius 1 is 1.41 bits per heavy atom. The zero-order chi connectivity index (χ0) is 15.7. The molecule has 0 saturated carbocycles. The number of carbonyl (C=O) groups is 2. The van der Waals surface area contributed by atoms with E-state index in [2.05, 4.69) is 4.98 Å². The molecule has 3 rings (SSSR count). The lowest BCUT2D eigenvalue weighted by atomic mass is 10.1. The standard InChI is InChI=1S/C16H16N2O3S/c1-10-17-14(9-22-10)11-3-2-4-12(7-11)15(19)18-6-5-13(8-18)16(20)21/h2-4,7,9,13H,5-6,8H2,1H3,(H,20,21). The van der Waals surface area contributed by atoms with Crippen LogP contribution in [0.15, 0.2) is 29.6 Å². The van der Waals surface area contributed by atoms with Gasteiger partial charge in [-0.3, -0.25) is 9.59 Å². The highest BCUT2D eigenvalue weighted by Crippen LogP contribution is 2.24. The Morgan fingerprint density at radius 3 is 2.86 bits per heavy atom. The van der Waals surface area contributed by atoms with Crippen molar-refractivity contribution in [3.05, 3.63) is 40.2 Å². The Labute approximate surface area is 132 Å². The second-order valence-corrected chi connectivity index (χ2v) is 6.47. The van der Waals surface area contributed by atoms with Gasteiger partial charge in [0.1, 0.15) is 0 Å². The van der Waals surface area contributed by atoms with Crippen LogP contribution in [0.1, 0.15) is 21.8 Å². The normalized spacial score (nSPS) is 17.7. The summed E-state index contributed by atoms with van der Waals surface area (Å²) in [6.07, 6.45) is 0.520. The largest absolute Gasteiger partial charge is 0.481 e. The zero-order valence-corrected chi connectivity index (χ0v) is 13.0. The van der Waals surface area contributed by atoms with Gasteiger partial charge in [0.05, 0.1) is 16.6 Å². The van der Waals surface area contributed by atoms with E-state index >= 15 is 0 Å². The number of thiazole rings is 1. The molecule has 2 heterocycles. The number of carboxylic acid groups (broad SMARTS) is 1. The molecule has 0 aliphatic carbocycles. The van der Waals surface area contributed by atoms with E-state index in [1.54, 1.807) is 22.3 Å². The molecule has 0 spiro atoms. The zero-order valence-electron chi connectivity index (χ0n) is 12.2. The fraction of sp³-hybridized carbons (Fsp3) is 0.312. The van der Waals surface area contributed by atoms with Crippen molar-refractivity contribution in [3.63, 3.8) is 0 Å². The molecule has 0 bridgehead atoms. The van der Waals surface area contributed by atoms with Crippen molar-refractivity contribution in [2.24, 2.45) is 5.92 Å². The molecule has 1 amide bonds. The predicted octanol–water partition coefficient (Wildman–Crippen LogP) is 2.67. The summed E-state index contributed by atoms with van der Waals surface area (Å²) in [5.41, 5.74) is 2.35. The Kier molecular flexibility index (Phi) is 3.94. The minimum absolute atomic E-state index is 0.113. The van der Waals surface area contributed by atoms with Gasteiger partial charge in [-0.25, -0.2) is 4.98 Å². The number of hydrogen-bond acceptors (Lipinski definition) is 4. The van der Waals surface area contributed by atoms with Gasteiger partial charge < -0.3 is 10.0 Å². The number of rotatable bonds is 3. The van der Waals surface area contributed by atoms with Crippen molar-refractivity contribution < 1.29 is 14.7 Å². The lowest BCUT2D eigenvalue weighted by Crippen LogP contribution is -2.29. The van der Waals surface area contributed by atoms with Gasteiger partial charge in [-0.2, -0.15) is 0 Å². The molecule has 114 valence electrons. The van der Waals surface area contributed by atoms with E-state index in [-0.39, 0.29) is 12.5 Å². The van der Waals surface area contributed by atoms with Crippen molar-refractivity contribution in [3.8, 4) is 11.3 Å². The van der Waals surface area contributed by atoms with Crippen LogP contribution >= 0.6 is 11.3 Å². The van der Waals surface area contributed by atoms with Crippen LogP contribution in [0.3, 0.4) is 0 Å². The Bertz CT molecular complexity index is 726. The summed E-state index contributed by atoms with van der Waals surface area (Å²) in [6.45, 7) is 2.73. The smallest absolute Gasteiger partial charge is 0.308 e. The van der Waals surface area contributed by atoms with Crippen molar-refractivity contribution in [1.82, 2.24) is 9.88 Å². The van der Waals surface area contributed by atoms with Gasteiger partial charge in [0.15, 0.2) is 0 Å². The van der Waals surface area contributed by atoms with Crippen molar-refractivity contribution in [2.75, 3.05) is 13.1 Å². The average Bonchev–Trinajstić information content (AvgIpc) is 3.15. The highest BCUT2D eigenvalue weighted by atomic mass is 32.1. The van der Waals surface area contributed by atoms with Crippen LogP contribution in [-0.2, 0) is 4.79 Å². The van der Waals surface area contributed by atoms with E-state index in [0.717, 1.165) is 16.3 Å². The topological polar surface area (TPSA) is 70.5 Å². The fourth-order valence-corrected chi connectivity index (χ4v) is 3.26. The van der Waals surface area contributed by atoms with Crippen LogP contribution in [-0.4, -0.2) is 40.0 Å². The second kappa shape index (κ2) is 5.88. The number of amides is 1. The summed E-state index contributed by atoms with van der Waals surface area (Å²) >= 11 is 1.57. The van der Waals surface area contributed by atoms with Crippen LogP contribution in [0.2, 0.25) is 0 Å². The average molecular weight is 316 g/mol. The molecule has 2 aromatic rings. The van der Waals surface area contributed by atoms with Gasteiger partial charge in [0.25, 0.3) is 5.91 Å². The quantitative estimate of drug-likeness (QED) is 0.945. The predicted molar refractivity (Wildman–Crippen MR) is 83.9 cm³/mol. The fourth-order valence-electron chi connectivity index (χ4n) is 2.64. The molecule has 1 saturated heterocycles. The maximum absolute atomic E-state index is 12.5. The van der Waals surface area contributed by atoms with Gasteiger partial charge >= 0.3 is 5.97 Å². The van der Waals surface area contributed by atoms with Crippen LogP contribution in [0.5, 0.6) is 0 Å². The minimum Gasteiger partial charge on any atom is -0.481 e. The summed E-state index contributed by atoms with van der Waals surface area (Å²) in [7, 11) is 0.